The molecule has 0 amide bonds. The topological polar surface area (TPSA) is 46.5 Å². The van der Waals surface area contributed by atoms with Gasteiger partial charge in [0.25, 0.3) is 0 Å². The predicted octanol–water partition coefficient (Wildman–Crippen LogP) is 3.22. The minimum Gasteiger partial charge on any atom is -0.507 e. The molecule has 86 valence electrons. The van der Waals surface area contributed by atoms with E-state index in [0.29, 0.717) is 5.75 Å². The van der Waals surface area contributed by atoms with Crippen LogP contribution in [0.15, 0.2) is 48.5 Å². The number of aromatic hydroxyl groups is 1. The maximum absolute atomic E-state index is 11.8. The number of para-hydroxylation sites is 2. The third-order valence-electron chi connectivity index (χ3n) is 2.16. The number of benzene rings is 2. The normalized spacial score (nSPS) is 9.94. The second-order valence-electron chi connectivity index (χ2n) is 3.34. The van der Waals surface area contributed by atoms with Crippen LogP contribution < -0.4 is 4.74 Å². The zero-order chi connectivity index (χ0) is 12.3. The van der Waals surface area contributed by atoms with Crippen LogP contribution in [0.2, 0.25) is 0 Å². The number of halogens is 1. The maximum atomic E-state index is 11.8. The van der Waals surface area contributed by atoms with Crippen LogP contribution in [0.3, 0.4) is 0 Å². The number of phenolic OH excluding ortho intramolecular Hbond substituents is 1. The second kappa shape index (κ2) is 5.18. The van der Waals surface area contributed by atoms with Crippen LogP contribution in [-0.4, -0.2) is 11.1 Å². The third kappa shape index (κ3) is 2.76. The van der Waals surface area contributed by atoms with E-state index in [1.165, 1.54) is 12.1 Å². The number of ether oxygens (including phenoxy) is 1. The molecule has 0 bridgehead atoms. The van der Waals surface area contributed by atoms with Crippen molar-refractivity contribution in [1.29, 1.82) is 0 Å². The van der Waals surface area contributed by atoms with Crippen LogP contribution in [0.25, 0.3) is 0 Å². The first-order chi connectivity index (χ1) is 8.18. The Morgan fingerprint density at radius 2 is 1.71 bits per heavy atom. The highest BCUT2D eigenvalue weighted by atomic mass is 127. The number of phenols is 1. The van der Waals surface area contributed by atoms with Gasteiger partial charge in [-0.05, 0) is 46.9 Å². The van der Waals surface area contributed by atoms with Gasteiger partial charge in [0.15, 0.2) is 0 Å². The van der Waals surface area contributed by atoms with E-state index in [1.807, 2.05) is 12.1 Å². The van der Waals surface area contributed by atoms with Gasteiger partial charge >= 0.3 is 5.97 Å². The molecular weight excluding hydrogens is 331 g/mol. The highest BCUT2D eigenvalue weighted by molar-refractivity contribution is 14.1. The van der Waals surface area contributed by atoms with Crippen LogP contribution in [-0.2, 0) is 0 Å². The zero-order valence-corrected chi connectivity index (χ0v) is 10.9. The molecule has 0 saturated heterocycles. The Labute approximate surface area is 112 Å². The maximum Gasteiger partial charge on any atom is 0.347 e. The minimum absolute atomic E-state index is 0.0801. The van der Waals surface area contributed by atoms with E-state index in [4.69, 9.17) is 4.74 Å². The highest BCUT2D eigenvalue weighted by Crippen LogP contribution is 2.23. The largest absolute Gasteiger partial charge is 0.507 e. The van der Waals surface area contributed by atoms with Crippen molar-refractivity contribution < 1.29 is 14.6 Å². The summed E-state index contributed by atoms with van der Waals surface area (Å²) < 4.78 is 6.05. The van der Waals surface area contributed by atoms with Crippen LogP contribution in [0.1, 0.15) is 10.4 Å². The molecule has 1 N–H and O–H groups in total. The van der Waals surface area contributed by atoms with E-state index in [2.05, 4.69) is 22.6 Å². The first-order valence-corrected chi connectivity index (χ1v) is 6.01. The van der Waals surface area contributed by atoms with Crippen molar-refractivity contribution >= 4 is 28.6 Å². The lowest BCUT2D eigenvalue weighted by Crippen LogP contribution is -2.09. The first kappa shape index (κ1) is 11.9. The number of esters is 1. The molecule has 0 heterocycles. The fraction of sp³-hybridized carbons (Fsp3) is 0. The lowest BCUT2D eigenvalue weighted by molar-refractivity contribution is 0.0730. The Hall–Kier alpha value is -1.56. The monoisotopic (exact) mass is 340 g/mol. The second-order valence-corrected chi connectivity index (χ2v) is 4.50. The first-order valence-electron chi connectivity index (χ1n) is 4.93. The standard InChI is InChI=1S/C13H9IO3/c14-10-6-2-4-8-12(10)17-13(16)9-5-1-3-7-11(9)15/h1-8,15H. The quantitative estimate of drug-likeness (QED) is 0.519. The van der Waals surface area contributed by atoms with Crippen molar-refractivity contribution in [2.75, 3.05) is 0 Å². The fourth-order valence-electron chi connectivity index (χ4n) is 1.33. The molecule has 0 saturated carbocycles. The van der Waals surface area contributed by atoms with Crippen molar-refractivity contribution in [3.63, 3.8) is 0 Å². The molecule has 17 heavy (non-hydrogen) atoms. The van der Waals surface area contributed by atoms with Crippen LogP contribution in [0, 0.1) is 3.57 Å². The van der Waals surface area contributed by atoms with Crippen molar-refractivity contribution in [2.45, 2.75) is 0 Å². The average molecular weight is 340 g/mol. The average Bonchev–Trinajstić information content (AvgIpc) is 2.32. The van der Waals surface area contributed by atoms with Crippen LogP contribution in [0.4, 0.5) is 0 Å². The molecule has 0 atom stereocenters. The number of carbonyl (C=O) groups is 1. The molecule has 0 unspecified atom stereocenters. The van der Waals surface area contributed by atoms with E-state index in [0.717, 1.165) is 3.57 Å². The van der Waals surface area contributed by atoms with E-state index < -0.39 is 5.97 Å². The summed E-state index contributed by atoms with van der Waals surface area (Å²) in [6, 6.07) is 13.5. The molecule has 4 heteroatoms. The summed E-state index contributed by atoms with van der Waals surface area (Å²) in [5, 5.41) is 9.53. The third-order valence-corrected chi connectivity index (χ3v) is 3.05. The fourth-order valence-corrected chi connectivity index (χ4v) is 1.83. The van der Waals surface area contributed by atoms with Crippen molar-refractivity contribution in [2.24, 2.45) is 0 Å². The summed E-state index contributed by atoms with van der Waals surface area (Å²) in [5.41, 5.74) is 0.159. The lowest BCUT2D eigenvalue weighted by Gasteiger charge is -2.06. The van der Waals surface area contributed by atoms with Crippen molar-refractivity contribution in [1.82, 2.24) is 0 Å². The van der Waals surface area contributed by atoms with E-state index in [9.17, 15) is 9.90 Å². The van der Waals surface area contributed by atoms with Crippen molar-refractivity contribution in [3.8, 4) is 11.5 Å². The van der Waals surface area contributed by atoms with E-state index in [1.54, 1.807) is 24.3 Å². The van der Waals surface area contributed by atoms with Gasteiger partial charge in [-0.25, -0.2) is 4.79 Å². The summed E-state index contributed by atoms with van der Waals surface area (Å²) in [7, 11) is 0. The number of hydrogen-bond donors (Lipinski definition) is 1. The summed E-state index contributed by atoms with van der Waals surface area (Å²) in [4.78, 5) is 11.8. The Morgan fingerprint density at radius 3 is 2.41 bits per heavy atom. The molecule has 2 aromatic rings. The van der Waals surface area contributed by atoms with Gasteiger partial charge in [0.1, 0.15) is 17.1 Å². The van der Waals surface area contributed by atoms with Crippen LogP contribution >= 0.6 is 22.6 Å². The molecule has 0 spiro atoms. The number of rotatable bonds is 2. The Kier molecular flexibility index (Phi) is 3.63. The molecule has 3 nitrogen and oxygen atoms in total. The number of hydrogen-bond acceptors (Lipinski definition) is 3. The lowest BCUT2D eigenvalue weighted by atomic mass is 10.2. The molecule has 0 radical (unpaired) electrons. The smallest absolute Gasteiger partial charge is 0.347 e. The van der Waals surface area contributed by atoms with Gasteiger partial charge in [-0.3, -0.25) is 0 Å². The molecule has 0 aromatic heterocycles. The highest BCUT2D eigenvalue weighted by Gasteiger charge is 2.13. The molecule has 0 aliphatic heterocycles. The molecule has 0 aliphatic carbocycles. The molecule has 2 aromatic carbocycles. The van der Waals surface area contributed by atoms with Gasteiger partial charge in [0.05, 0.1) is 3.57 Å². The van der Waals surface area contributed by atoms with Gasteiger partial charge in [-0.2, -0.15) is 0 Å². The molecule has 2 rings (SSSR count). The predicted molar refractivity (Wildman–Crippen MR) is 72.2 cm³/mol. The van der Waals surface area contributed by atoms with Gasteiger partial charge in [0.2, 0.25) is 0 Å². The Balaban J connectivity index is 2.24. The van der Waals surface area contributed by atoms with Gasteiger partial charge in [-0.15, -0.1) is 0 Å². The molecule has 0 fully saturated rings. The summed E-state index contributed by atoms with van der Waals surface area (Å²) >= 11 is 2.08. The van der Waals surface area contributed by atoms with Gasteiger partial charge in [-0.1, -0.05) is 24.3 Å². The Bertz CT molecular complexity index is 552. The summed E-state index contributed by atoms with van der Waals surface area (Å²) in [6.45, 7) is 0. The van der Waals surface area contributed by atoms with E-state index in [-0.39, 0.29) is 11.3 Å². The zero-order valence-electron chi connectivity index (χ0n) is 8.76. The van der Waals surface area contributed by atoms with Gasteiger partial charge in [0, 0.05) is 0 Å². The Morgan fingerprint density at radius 1 is 1.06 bits per heavy atom. The summed E-state index contributed by atoms with van der Waals surface area (Å²) in [5.74, 6) is -0.156. The molecular formula is C13H9IO3. The van der Waals surface area contributed by atoms with E-state index >= 15 is 0 Å². The number of carbonyl (C=O) groups excluding carboxylic acids is 1. The SMILES string of the molecule is O=C(Oc1ccccc1I)c1ccccc1O. The van der Waals surface area contributed by atoms with Crippen LogP contribution in [0.5, 0.6) is 11.5 Å². The minimum atomic E-state index is -0.563. The molecule has 0 aliphatic rings. The van der Waals surface area contributed by atoms with Gasteiger partial charge < -0.3 is 9.84 Å². The van der Waals surface area contributed by atoms with Crippen molar-refractivity contribution in [3.05, 3.63) is 57.7 Å². The summed E-state index contributed by atoms with van der Waals surface area (Å²) in [6.07, 6.45) is 0.